The SMILES string of the molecule is CC1(C)CCc2cc(/C=N\O)cc(Cl)c2O1. The first-order chi connectivity index (χ1) is 7.52. The molecule has 0 bridgehead atoms. The van der Waals surface area contributed by atoms with Crippen LogP contribution in [0, 0.1) is 0 Å². The normalized spacial score (nSPS) is 18.2. The van der Waals surface area contributed by atoms with Gasteiger partial charge in [0.05, 0.1) is 11.2 Å². The Morgan fingerprint density at radius 3 is 2.94 bits per heavy atom. The molecule has 2 rings (SSSR count). The highest BCUT2D eigenvalue weighted by molar-refractivity contribution is 6.32. The van der Waals surface area contributed by atoms with E-state index < -0.39 is 0 Å². The van der Waals surface area contributed by atoms with Gasteiger partial charge in [-0.05, 0) is 49.9 Å². The number of hydrogen-bond donors (Lipinski definition) is 1. The van der Waals surface area contributed by atoms with Gasteiger partial charge in [-0.25, -0.2) is 0 Å². The van der Waals surface area contributed by atoms with Crippen LogP contribution in [0.5, 0.6) is 5.75 Å². The van der Waals surface area contributed by atoms with Crippen molar-refractivity contribution in [3.05, 3.63) is 28.3 Å². The third kappa shape index (κ3) is 2.14. The number of halogens is 1. The van der Waals surface area contributed by atoms with Crippen LogP contribution >= 0.6 is 11.6 Å². The van der Waals surface area contributed by atoms with Gasteiger partial charge < -0.3 is 9.94 Å². The van der Waals surface area contributed by atoms with Gasteiger partial charge in [-0.15, -0.1) is 0 Å². The lowest BCUT2D eigenvalue weighted by molar-refractivity contribution is 0.0848. The molecule has 0 atom stereocenters. The highest BCUT2D eigenvalue weighted by Crippen LogP contribution is 2.38. The number of aryl methyl sites for hydroxylation is 1. The maximum Gasteiger partial charge on any atom is 0.141 e. The second-order valence-corrected chi connectivity index (χ2v) is 5.00. The summed E-state index contributed by atoms with van der Waals surface area (Å²) in [7, 11) is 0. The standard InChI is InChI=1S/C12H14ClNO2/c1-12(2)4-3-9-5-8(7-14-15)6-10(13)11(9)16-12/h5-7,15H,3-4H2,1-2H3/b14-7-. The first kappa shape index (κ1) is 11.3. The molecule has 86 valence electrons. The maximum atomic E-state index is 8.49. The summed E-state index contributed by atoms with van der Waals surface area (Å²) in [5, 5.41) is 12.1. The Morgan fingerprint density at radius 1 is 1.50 bits per heavy atom. The van der Waals surface area contributed by atoms with Crippen LogP contribution in [-0.4, -0.2) is 17.0 Å². The minimum atomic E-state index is -0.163. The van der Waals surface area contributed by atoms with E-state index in [1.807, 2.05) is 6.07 Å². The van der Waals surface area contributed by atoms with Crippen LogP contribution < -0.4 is 4.74 Å². The molecule has 0 amide bonds. The Balaban J connectivity index is 2.44. The lowest BCUT2D eigenvalue weighted by Gasteiger charge is -2.33. The van der Waals surface area contributed by atoms with Crippen LogP contribution in [0.25, 0.3) is 0 Å². The summed E-state index contributed by atoms with van der Waals surface area (Å²) in [5.41, 5.74) is 1.69. The van der Waals surface area contributed by atoms with E-state index in [2.05, 4.69) is 19.0 Å². The van der Waals surface area contributed by atoms with Gasteiger partial charge in [0.1, 0.15) is 11.4 Å². The molecule has 1 heterocycles. The van der Waals surface area contributed by atoms with Gasteiger partial charge in [-0.3, -0.25) is 0 Å². The van der Waals surface area contributed by atoms with Crippen molar-refractivity contribution in [2.75, 3.05) is 0 Å². The van der Waals surface area contributed by atoms with Gasteiger partial charge in [-0.2, -0.15) is 0 Å². The van der Waals surface area contributed by atoms with E-state index in [1.54, 1.807) is 6.07 Å². The number of rotatable bonds is 1. The number of oxime groups is 1. The molecule has 0 saturated heterocycles. The molecule has 1 aromatic rings. The van der Waals surface area contributed by atoms with Crippen molar-refractivity contribution in [2.45, 2.75) is 32.3 Å². The molecule has 1 aliphatic rings. The van der Waals surface area contributed by atoms with Gasteiger partial charge in [0.2, 0.25) is 0 Å². The molecule has 1 aliphatic heterocycles. The molecule has 0 unspecified atom stereocenters. The molecular formula is C12H14ClNO2. The summed E-state index contributed by atoms with van der Waals surface area (Å²) < 4.78 is 5.84. The maximum absolute atomic E-state index is 8.49. The van der Waals surface area contributed by atoms with E-state index in [1.165, 1.54) is 6.21 Å². The molecule has 0 aliphatic carbocycles. The molecule has 0 fully saturated rings. The van der Waals surface area contributed by atoms with Crippen molar-refractivity contribution in [3.63, 3.8) is 0 Å². The summed E-state index contributed by atoms with van der Waals surface area (Å²) in [6.45, 7) is 4.10. The molecule has 1 N–H and O–H groups in total. The minimum absolute atomic E-state index is 0.163. The number of hydrogen-bond acceptors (Lipinski definition) is 3. The van der Waals surface area contributed by atoms with E-state index in [0.29, 0.717) is 5.02 Å². The molecule has 0 saturated carbocycles. The average molecular weight is 240 g/mol. The van der Waals surface area contributed by atoms with E-state index >= 15 is 0 Å². The summed E-state index contributed by atoms with van der Waals surface area (Å²) in [4.78, 5) is 0. The third-order valence-corrected chi connectivity index (χ3v) is 3.01. The zero-order chi connectivity index (χ0) is 11.8. The molecule has 3 nitrogen and oxygen atoms in total. The molecule has 0 spiro atoms. The van der Waals surface area contributed by atoms with E-state index in [-0.39, 0.29) is 5.60 Å². The number of benzene rings is 1. The van der Waals surface area contributed by atoms with Gasteiger partial charge in [-0.1, -0.05) is 16.8 Å². The van der Waals surface area contributed by atoms with E-state index in [9.17, 15) is 0 Å². The first-order valence-electron chi connectivity index (χ1n) is 5.21. The molecule has 0 aromatic heterocycles. The Bertz CT molecular complexity index is 441. The highest BCUT2D eigenvalue weighted by Gasteiger charge is 2.28. The van der Waals surface area contributed by atoms with Crippen LogP contribution in [-0.2, 0) is 6.42 Å². The second kappa shape index (κ2) is 3.98. The van der Waals surface area contributed by atoms with Crippen molar-refractivity contribution >= 4 is 17.8 Å². The average Bonchev–Trinajstić information content (AvgIpc) is 2.19. The van der Waals surface area contributed by atoms with Crippen molar-refractivity contribution in [1.29, 1.82) is 0 Å². The summed E-state index contributed by atoms with van der Waals surface area (Å²) >= 11 is 6.14. The Morgan fingerprint density at radius 2 is 2.25 bits per heavy atom. The van der Waals surface area contributed by atoms with Crippen molar-refractivity contribution in [2.24, 2.45) is 5.16 Å². The fourth-order valence-electron chi connectivity index (χ4n) is 1.88. The summed E-state index contributed by atoms with van der Waals surface area (Å²) in [5.74, 6) is 0.757. The van der Waals surface area contributed by atoms with Gasteiger partial charge in [0, 0.05) is 0 Å². The van der Waals surface area contributed by atoms with Gasteiger partial charge in [0.15, 0.2) is 0 Å². The monoisotopic (exact) mass is 239 g/mol. The Hall–Kier alpha value is -1.22. The Labute approximate surface area is 99.7 Å². The van der Waals surface area contributed by atoms with Crippen molar-refractivity contribution in [1.82, 2.24) is 0 Å². The molecule has 4 heteroatoms. The summed E-state index contributed by atoms with van der Waals surface area (Å²) in [6.07, 6.45) is 3.25. The zero-order valence-corrected chi connectivity index (χ0v) is 10.1. The first-order valence-corrected chi connectivity index (χ1v) is 5.58. The predicted molar refractivity (Wildman–Crippen MR) is 63.9 cm³/mol. The van der Waals surface area contributed by atoms with Crippen molar-refractivity contribution < 1.29 is 9.94 Å². The lowest BCUT2D eigenvalue weighted by Crippen LogP contribution is -2.32. The van der Waals surface area contributed by atoms with Crippen LogP contribution in [0.3, 0.4) is 0 Å². The molecule has 1 aromatic carbocycles. The smallest absolute Gasteiger partial charge is 0.141 e. The van der Waals surface area contributed by atoms with Gasteiger partial charge in [0.25, 0.3) is 0 Å². The minimum Gasteiger partial charge on any atom is -0.486 e. The third-order valence-electron chi connectivity index (χ3n) is 2.72. The van der Waals surface area contributed by atoms with E-state index in [4.69, 9.17) is 21.5 Å². The quantitative estimate of drug-likeness (QED) is 0.464. The highest BCUT2D eigenvalue weighted by atomic mass is 35.5. The fourth-order valence-corrected chi connectivity index (χ4v) is 2.16. The van der Waals surface area contributed by atoms with Crippen LogP contribution in [0.1, 0.15) is 31.4 Å². The lowest BCUT2D eigenvalue weighted by atomic mass is 9.93. The molecule has 16 heavy (non-hydrogen) atoms. The fraction of sp³-hybridized carbons (Fsp3) is 0.417. The van der Waals surface area contributed by atoms with Gasteiger partial charge >= 0.3 is 0 Å². The van der Waals surface area contributed by atoms with E-state index in [0.717, 1.165) is 29.7 Å². The number of ether oxygens (including phenoxy) is 1. The molecule has 0 radical (unpaired) electrons. The number of fused-ring (bicyclic) bond motifs is 1. The largest absolute Gasteiger partial charge is 0.486 e. The number of nitrogens with zero attached hydrogens (tertiary/aromatic N) is 1. The van der Waals surface area contributed by atoms with Crippen LogP contribution in [0.15, 0.2) is 17.3 Å². The predicted octanol–water partition coefficient (Wildman–Crippen LogP) is 3.25. The van der Waals surface area contributed by atoms with Crippen LogP contribution in [0.2, 0.25) is 5.02 Å². The topological polar surface area (TPSA) is 41.8 Å². The van der Waals surface area contributed by atoms with Crippen LogP contribution in [0.4, 0.5) is 0 Å². The Kier molecular flexibility index (Phi) is 2.80. The van der Waals surface area contributed by atoms with Crippen molar-refractivity contribution in [3.8, 4) is 5.75 Å². The zero-order valence-electron chi connectivity index (χ0n) is 9.33. The molecular weight excluding hydrogens is 226 g/mol. The second-order valence-electron chi connectivity index (χ2n) is 4.60. The summed E-state index contributed by atoms with van der Waals surface area (Å²) in [6, 6.07) is 3.68.